The summed E-state index contributed by atoms with van der Waals surface area (Å²) < 4.78 is 11.1. The van der Waals surface area contributed by atoms with Gasteiger partial charge in [-0.05, 0) is 19.5 Å². The zero-order valence-electron chi connectivity index (χ0n) is 13.8. The van der Waals surface area contributed by atoms with Gasteiger partial charge in [0.25, 0.3) is 0 Å². The first-order valence-corrected chi connectivity index (χ1v) is 8.10. The Labute approximate surface area is 129 Å². The van der Waals surface area contributed by atoms with E-state index in [1.807, 2.05) is 0 Å². The third-order valence-corrected chi connectivity index (χ3v) is 3.42. The normalized spacial score (nSPS) is 11.7. The number of likely N-dealkylation sites (N-methyl/N-ethyl adjacent to an activating group) is 2. The summed E-state index contributed by atoms with van der Waals surface area (Å²) in [5.41, 5.74) is 0. The number of aliphatic hydroxyl groups is 2. The van der Waals surface area contributed by atoms with E-state index in [2.05, 4.69) is 23.6 Å². The lowest BCUT2D eigenvalue weighted by Gasteiger charge is -2.20. The second-order valence-corrected chi connectivity index (χ2v) is 4.89. The van der Waals surface area contributed by atoms with Gasteiger partial charge in [-0.2, -0.15) is 0 Å². The molecule has 0 atom stereocenters. The van der Waals surface area contributed by atoms with Crippen LogP contribution in [-0.2, 0) is 9.47 Å². The van der Waals surface area contributed by atoms with Crippen LogP contribution in [-0.4, -0.2) is 98.9 Å². The van der Waals surface area contributed by atoms with Gasteiger partial charge in [-0.1, -0.05) is 13.8 Å². The minimum Gasteiger partial charge on any atom is -0.396 e. The standard InChI is InChI=1S/C15H34N2O4/c1-3-16(6-5-10-18)8-12-20-14-15-21-13-9-17(4-2)7-11-19/h18-19H,3-15H2,1-2H3. The molecule has 128 valence electrons. The fourth-order valence-electron chi connectivity index (χ4n) is 2.00. The van der Waals surface area contributed by atoms with Gasteiger partial charge >= 0.3 is 0 Å². The molecule has 0 aromatic rings. The van der Waals surface area contributed by atoms with Crippen molar-refractivity contribution in [1.82, 2.24) is 9.80 Å². The zero-order chi connectivity index (χ0) is 15.8. The van der Waals surface area contributed by atoms with Gasteiger partial charge in [-0.15, -0.1) is 0 Å². The Morgan fingerprint density at radius 3 is 1.62 bits per heavy atom. The van der Waals surface area contributed by atoms with E-state index in [0.717, 1.165) is 39.1 Å². The summed E-state index contributed by atoms with van der Waals surface area (Å²) in [6.07, 6.45) is 0.818. The van der Waals surface area contributed by atoms with Gasteiger partial charge in [0, 0.05) is 32.8 Å². The Morgan fingerprint density at radius 1 is 0.667 bits per heavy atom. The smallest absolute Gasteiger partial charge is 0.0701 e. The lowest BCUT2D eigenvalue weighted by atomic mass is 10.4. The molecular formula is C15H34N2O4. The number of aliphatic hydroxyl groups excluding tert-OH is 2. The number of rotatable bonds is 16. The number of ether oxygens (including phenoxy) is 2. The molecule has 0 spiro atoms. The Morgan fingerprint density at radius 2 is 1.19 bits per heavy atom. The SMILES string of the molecule is CCN(CCO)CCOCCOCCN(CC)CCCO. The first-order valence-electron chi connectivity index (χ1n) is 8.10. The van der Waals surface area contributed by atoms with Crippen LogP contribution < -0.4 is 0 Å². The Balaban J connectivity index is 3.35. The Hall–Kier alpha value is -0.240. The van der Waals surface area contributed by atoms with Gasteiger partial charge in [0.2, 0.25) is 0 Å². The second kappa shape index (κ2) is 16.1. The quantitative estimate of drug-likeness (QED) is 0.393. The van der Waals surface area contributed by atoms with Crippen molar-refractivity contribution in [3.05, 3.63) is 0 Å². The topological polar surface area (TPSA) is 65.4 Å². The molecule has 6 heteroatoms. The molecule has 0 radical (unpaired) electrons. The molecule has 0 saturated heterocycles. The van der Waals surface area contributed by atoms with Crippen molar-refractivity contribution < 1.29 is 19.7 Å². The highest BCUT2D eigenvalue weighted by molar-refractivity contribution is 4.55. The van der Waals surface area contributed by atoms with Gasteiger partial charge in [0.05, 0.1) is 33.0 Å². The van der Waals surface area contributed by atoms with E-state index < -0.39 is 0 Å². The first-order chi connectivity index (χ1) is 10.3. The lowest BCUT2D eigenvalue weighted by Crippen LogP contribution is -2.31. The van der Waals surface area contributed by atoms with Crippen molar-refractivity contribution in [3.8, 4) is 0 Å². The van der Waals surface area contributed by atoms with E-state index in [0.29, 0.717) is 33.0 Å². The van der Waals surface area contributed by atoms with E-state index in [9.17, 15) is 0 Å². The van der Waals surface area contributed by atoms with Gasteiger partial charge in [0.1, 0.15) is 0 Å². The van der Waals surface area contributed by atoms with E-state index in [4.69, 9.17) is 19.7 Å². The molecule has 21 heavy (non-hydrogen) atoms. The minimum absolute atomic E-state index is 0.196. The van der Waals surface area contributed by atoms with Gasteiger partial charge < -0.3 is 24.6 Å². The minimum atomic E-state index is 0.196. The number of hydrogen-bond acceptors (Lipinski definition) is 6. The number of hydrogen-bond donors (Lipinski definition) is 2. The molecule has 0 aliphatic rings. The van der Waals surface area contributed by atoms with Crippen molar-refractivity contribution in [2.75, 3.05) is 78.9 Å². The maximum atomic E-state index is 8.87. The molecule has 0 unspecified atom stereocenters. The van der Waals surface area contributed by atoms with Crippen molar-refractivity contribution >= 4 is 0 Å². The molecule has 0 rings (SSSR count). The van der Waals surface area contributed by atoms with Crippen LogP contribution in [0, 0.1) is 0 Å². The predicted molar refractivity (Wildman–Crippen MR) is 84.7 cm³/mol. The molecule has 0 saturated carbocycles. The average Bonchev–Trinajstić information content (AvgIpc) is 2.51. The van der Waals surface area contributed by atoms with Crippen LogP contribution in [0.5, 0.6) is 0 Å². The zero-order valence-corrected chi connectivity index (χ0v) is 13.8. The highest BCUT2D eigenvalue weighted by Crippen LogP contribution is 1.92. The molecule has 6 nitrogen and oxygen atoms in total. The molecule has 0 aliphatic carbocycles. The highest BCUT2D eigenvalue weighted by atomic mass is 16.5. The van der Waals surface area contributed by atoms with E-state index in [1.165, 1.54) is 0 Å². The first kappa shape index (κ1) is 20.8. The van der Waals surface area contributed by atoms with Crippen LogP contribution in [0.1, 0.15) is 20.3 Å². The summed E-state index contributed by atoms with van der Waals surface area (Å²) in [5, 5.41) is 17.7. The maximum absolute atomic E-state index is 8.87. The third-order valence-electron chi connectivity index (χ3n) is 3.42. The highest BCUT2D eigenvalue weighted by Gasteiger charge is 2.02. The van der Waals surface area contributed by atoms with Gasteiger partial charge in [0.15, 0.2) is 0 Å². The largest absolute Gasteiger partial charge is 0.396 e. The molecule has 0 bridgehead atoms. The van der Waals surface area contributed by atoms with Crippen molar-refractivity contribution in [2.45, 2.75) is 20.3 Å². The predicted octanol–water partition coefficient (Wildman–Crippen LogP) is 0.0381. The molecule has 0 aliphatic heterocycles. The van der Waals surface area contributed by atoms with Crippen LogP contribution in [0.25, 0.3) is 0 Å². The van der Waals surface area contributed by atoms with Crippen LogP contribution in [0.15, 0.2) is 0 Å². The van der Waals surface area contributed by atoms with Crippen LogP contribution in [0.4, 0.5) is 0 Å². The molecule has 0 fully saturated rings. The average molecular weight is 306 g/mol. The van der Waals surface area contributed by atoms with Crippen LogP contribution in [0.2, 0.25) is 0 Å². The maximum Gasteiger partial charge on any atom is 0.0701 e. The molecule has 0 aromatic heterocycles. The summed E-state index contributed by atoms with van der Waals surface area (Å²) in [6.45, 7) is 12.5. The summed E-state index contributed by atoms with van der Waals surface area (Å²) in [4.78, 5) is 4.42. The van der Waals surface area contributed by atoms with Crippen molar-refractivity contribution in [2.24, 2.45) is 0 Å². The van der Waals surface area contributed by atoms with Crippen LogP contribution >= 0.6 is 0 Å². The third kappa shape index (κ3) is 13.2. The second-order valence-electron chi connectivity index (χ2n) is 4.89. The molecule has 0 heterocycles. The Bertz CT molecular complexity index is 208. The fraction of sp³-hybridized carbons (Fsp3) is 1.00. The van der Waals surface area contributed by atoms with Gasteiger partial charge in [-0.3, -0.25) is 4.90 Å². The fourth-order valence-corrected chi connectivity index (χ4v) is 2.00. The lowest BCUT2D eigenvalue weighted by molar-refractivity contribution is 0.0303. The van der Waals surface area contributed by atoms with E-state index >= 15 is 0 Å². The molecule has 0 aromatic carbocycles. The van der Waals surface area contributed by atoms with Crippen molar-refractivity contribution in [1.29, 1.82) is 0 Å². The Kier molecular flexibility index (Phi) is 16.0. The number of nitrogens with zero attached hydrogens (tertiary/aromatic N) is 2. The molecule has 2 N–H and O–H groups in total. The summed E-state index contributed by atoms with van der Waals surface area (Å²) >= 11 is 0. The van der Waals surface area contributed by atoms with Crippen molar-refractivity contribution in [3.63, 3.8) is 0 Å². The molecule has 0 amide bonds. The monoisotopic (exact) mass is 306 g/mol. The van der Waals surface area contributed by atoms with Gasteiger partial charge in [-0.25, -0.2) is 0 Å². The van der Waals surface area contributed by atoms with E-state index in [-0.39, 0.29) is 13.2 Å². The molecular weight excluding hydrogens is 272 g/mol. The summed E-state index contributed by atoms with van der Waals surface area (Å²) in [7, 11) is 0. The summed E-state index contributed by atoms with van der Waals surface area (Å²) in [5.74, 6) is 0. The van der Waals surface area contributed by atoms with E-state index in [1.54, 1.807) is 0 Å². The van der Waals surface area contributed by atoms with Crippen LogP contribution in [0.3, 0.4) is 0 Å². The summed E-state index contributed by atoms with van der Waals surface area (Å²) in [6, 6.07) is 0.